The van der Waals surface area contributed by atoms with Crippen LogP contribution in [0.15, 0.2) is 55.0 Å². The number of nitrogens with zero attached hydrogens (tertiary/aromatic N) is 3. The van der Waals surface area contributed by atoms with E-state index in [1.54, 1.807) is 33.8 Å². The minimum Gasteiger partial charge on any atom is -0.348 e. The van der Waals surface area contributed by atoms with Gasteiger partial charge in [0.05, 0.1) is 23.4 Å². The number of aromatic nitrogens is 3. The molecule has 0 unspecified atom stereocenters. The van der Waals surface area contributed by atoms with E-state index in [0.717, 1.165) is 0 Å². The van der Waals surface area contributed by atoms with E-state index in [-0.39, 0.29) is 17.3 Å². The molecule has 1 fully saturated rings. The number of amides is 1. The van der Waals surface area contributed by atoms with E-state index in [0.29, 0.717) is 23.5 Å². The highest BCUT2D eigenvalue weighted by Crippen LogP contribution is 2.21. The van der Waals surface area contributed by atoms with Gasteiger partial charge in [0.15, 0.2) is 15.7 Å². The second-order valence-corrected chi connectivity index (χ2v) is 8.66. The normalized spacial score (nSPS) is 18.5. The molecule has 27 heavy (non-hydrogen) atoms. The van der Waals surface area contributed by atoms with Gasteiger partial charge in [-0.15, -0.1) is 0 Å². The number of carbonyl (C=O) groups is 1. The highest BCUT2D eigenvalue weighted by molar-refractivity contribution is 7.91. The third-order valence-electron chi connectivity index (χ3n) is 4.48. The molecular formula is C18H17FN4O3S. The summed E-state index contributed by atoms with van der Waals surface area (Å²) in [5, 5.41) is 7.07. The number of rotatable bonds is 4. The van der Waals surface area contributed by atoms with Crippen molar-refractivity contribution in [3.05, 3.63) is 66.4 Å². The molecule has 0 spiro atoms. The Balaban J connectivity index is 1.71. The third-order valence-corrected chi connectivity index (χ3v) is 6.24. The Bertz CT molecular complexity index is 1070. The minimum absolute atomic E-state index is 0.0519. The van der Waals surface area contributed by atoms with Crippen molar-refractivity contribution in [2.45, 2.75) is 12.5 Å². The van der Waals surface area contributed by atoms with E-state index in [1.165, 1.54) is 18.3 Å². The maximum Gasteiger partial charge on any atom is 0.256 e. The molecule has 7 nitrogen and oxygen atoms in total. The zero-order chi connectivity index (χ0) is 19.0. The van der Waals surface area contributed by atoms with Crippen LogP contribution < -0.4 is 5.32 Å². The van der Waals surface area contributed by atoms with Crippen molar-refractivity contribution in [1.29, 1.82) is 0 Å². The molecule has 1 aromatic carbocycles. The Kier molecular flexibility index (Phi) is 4.31. The zero-order valence-corrected chi connectivity index (χ0v) is 15.1. The number of carbonyl (C=O) groups excluding carboxylic acids is 1. The van der Waals surface area contributed by atoms with Gasteiger partial charge < -0.3 is 9.88 Å². The average molecular weight is 388 g/mol. The summed E-state index contributed by atoms with van der Waals surface area (Å²) in [6.07, 6.45) is 5.37. The van der Waals surface area contributed by atoms with E-state index in [4.69, 9.17) is 0 Å². The van der Waals surface area contributed by atoms with Crippen LogP contribution in [0.2, 0.25) is 0 Å². The first-order valence-electron chi connectivity index (χ1n) is 8.41. The smallest absolute Gasteiger partial charge is 0.256 e. The SMILES string of the molecule is O=C(N[C@@H]1CCS(=O)(=O)C1)c1cnn(-c2ccc(F)cc2)c1-n1cccc1. The first-order valence-corrected chi connectivity index (χ1v) is 10.2. The Morgan fingerprint density at radius 1 is 1.19 bits per heavy atom. The van der Waals surface area contributed by atoms with E-state index >= 15 is 0 Å². The van der Waals surface area contributed by atoms with Crippen molar-refractivity contribution in [2.75, 3.05) is 11.5 Å². The molecule has 0 saturated carbocycles. The number of nitrogens with one attached hydrogen (secondary N) is 1. The van der Waals surface area contributed by atoms with E-state index in [2.05, 4.69) is 10.4 Å². The Morgan fingerprint density at radius 3 is 2.52 bits per heavy atom. The molecule has 4 rings (SSSR count). The van der Waals surface area contributed by atoms with Crippen molar-refractivity contribution in [3.8, 4) is 11.5 Å². The van der Waals surface area contributed by atoms with Gasteiger partial charge in [0.1, 0.15) is 11.4 Å². The quantitative estimate of drug-likeness (QED) is 0.737. The fraction of sp³-hybridized carbons (Fsp3) is 0.222. The van der Waals surface area contributed by atoms with Crippen LogP contribution in [-0.2, 0) is 9.84 Å². The highest BCUT2D eigenvalue weighted by Gasteiger charge is 2.30. The van der Waals surface area contributed by atoms with Gasteiger partial charge in [-0.1, -0.05) is 0 Å². The number of hydrogen-bond donors (Lipinski definition) is 1. The lowest BCUT2D eigenvalue weighted by molar-refractivity contribution is 0.0941. The second-order valence-electron chi connectivity index (χ2n) is 6.43. The first kappa shape index (κ1) is 17.5. The molecule has 1 atom stereocenters. The summed E-state index contributed by atoms with van der Waals surface area (Å²) in [5.41, 5.74) is 0.905. The van der Waals surface area contributed by atoms with Crippen LogP contribution in [0.1, 0.15) is 16.8 Å². The second kappa shape index (κ2) is 6.66. The van der Waals surface area contributed by atoms with Crippen molar-refractivity contribution in [3.63, 3.8) is 0 Å². The molecule has 0 aliphatic carbocycles. The average Bonchev–Trinajstić information content (AvgIpc) is 3.34. The van der Waals surface area contributed by atoms with Crippen LogP contribution in [0.3, 0.4) is 0 Å². The summed E-state index contributed by atoms with van der Waals surface area (Å²) in [7, 11) is -3.09. The van der Waals surface area contributed by atoms with Crippen molar-refractivity contribution >= 4 is 15.7 Å². The Morgan fingerprint density at radius 2 is 1.89 bits per heavy atom. The standard InChI is InChI=1S/C18H17FN4O3S/c19-13-3-5-15(6-4-13)23-18(22-8-1-2-9-22)16(11-20-23)17(24)21-14-7-10-27(25,26)12-14/h1-6,8-9,11,14H,7,10,12H2,(H,21,24)/t14-/m1/s1. The molecule has 1 saturated heterocycles. The number of benzene rings is 1. The van der Waals surface area contributed by atoms with Crippen LogP contribution in [-0.4, -0.2) is 46.2 Å². The molecule has 9 heteroatoms. The van der Waals surface area contributed by atoms with Gasteiger partial charge in [0, 0.05) is 18.4 Å². The number of sulfone groups is 1. The minimum atomic E-state index is -3.09. The molecule has 0 radical (unpaired) electrons. The maximum atomic E-state index is 13.3. The highest BCUT2D eigenvalue weighted by atomic mass is 32.2. The number of halogens is 1. The van der Waals surface area contributed by atoms with Crippen molar-refractivity contribution in [2.24, 2.45) is 0 Å². The molecule has 1 aliphatic rings. The van der Waals surface area contributed by atoms with Gasteiger partial charge in [0.25, 0.3) is 5.91 Å². The van der Waals surface area contributed by atoms with Crippen molar-refractivity contribution in [1.82, 2.24) is 19.7 Å². The molecule has 2 aromatic heterocycles. The van der Waals surface area contributed by atoms with Gasteiger partial charge in [-0.2, -0.15) is 5.10 Å². The molecule has 1 N–H and O–H groups in total. The molecule has 0 bridgehead atoms. The van der Waals surface area contributed by atoms with Gasteiger partial charge in [0.2, 0.25) is 0 Å². The Hall–Kier alpha value is -2.94. The van der Waals surface area contributed by atoms with E-state index < -0.39 is 21.8 Å². The fourth-order valence-electron chi connectivity index (χ4n) is 3.17. The van der Waals surface area contributed by atoms with E-state index in [9.17, 15) is 17.6 Å². The molecule has 3 aromatic rings. The summed E-state index contributed by atoms with van der Waals surface area (Å²) in [6, 6.07) is 9.00. The topological polar surface area (TPSA) is 86.0 Å². The van der Waals surface area contributed by atoms with Gasteiger partial charge >= 0.3 is 0 Å². The van der Waals surface area contributed by atoms with Gasteiger partial charge in [-0.05, 0) is 42.8 Å². The Labute approximate surface area is 155 Å². The van der Waals surface area contributed by atoms with Crippen LogP contribution >= 0.6 is 0 Å². The van der Waals surface area contributed by atoms with Crippen LogP contribution in [0.25, 0.3) is 11.5 Å². The van der Waals surface area contributed by atoms with Crippen LogP contribution in [0.4, 0.5) is 4.39 Å². The first-order chi connectivity index (χ1) is 12.9. The maximum absolute atomic E-state index is 13.3. The van der Waals surface area contributed by atoms with Crippen molar-refractivity contribution < 1.29 is 17.6 Å². The molecule has 140 valence electrons. The van der Waals surface area contributed by atoms with E-state index in [1.807, 2.05) is 12.1 Å². The van der Waals surface area contributed by atoms with Gasteiger partial charge in [-0.3, -0.25) is 4.79 Å². The lowest BCUT2D eigenvalue weighted by Crippen LogP contribution is -2.36. The molecule has 3 heterocycles. The predicted molar refractivity (Wildman–Crippen MR) is 97.4 cm³/mol. The van der Waals surface area contributed by atoms with Crippen LogP contribution in [0.5, 0.6) is 0 Å². The fourth-order valence-corrected chi connectivity index (χ4v) is 4.84. The largest absolute Gasteiger partial charge is 0.348 e. The number of hydrogen-bond acceptors (Lipinski definition) is 4. The molecular weight excluding hydrogens is 371 g/mol. The summed E-state index contributed by atoms with van der Waals surface area (Å²) >= 11 is 0. The third kappa shape index (κ3) is 3.50. The van der Waals surface area contributed by atoms with Crippen LogP contribution in [0, 0.1) is 5.82 Å². The lowest BCUT2D eigenvalue weighted by atomic mass is 10.2. The summed E-state index contributed by atoms with van der Waals surface area (Å²) < 4.78 is 39.8. The summed E-state index contributed by atoms with van der Waals surface area (Å²) in [6.45, 7) is 0. The molecule has 1 amide bonds. The molecule has 1 aliphatic heterocycles. The monoisotopic (exact) mass is 388 g/mol. The lowest BCUT2D eigenvalue weighted by Gasteiger charge is -2.13. The summed E-state index contributed by atoms with van der Waals surface area (Å²) in [5.74, 6) is -0.242. The zero-order valence-electron chi connectivity index (χ0n) is 14.2. The summed E-state index contributed by atoms with van der Waals surface area (Å²) in [4.78, 5) is 12.8. The predicted octanol–water partition coefficient (Wildman–Crippen LogP) is 1.72. The van der Waals surface area contributed by atoms with Gasteiger partial charge in [-0.25, -0.2) is 17.5 Å².